The van der Waals surface area contributed by atoms with Gasteiger partial charge in [-0.15, -0.1) is 0 Å². The first-order chi connectivity index (χ1) is 9.33. The fourth-order valence-electron chi connectivity index (χ4n) is 1.82. The van der Waals surface area contributed by atoms with Crippen molar-refractivity contribution in [1.82, 2.24) is 5.32 Å². The molecule has 0 radical (unpaired) electrons. The maximum Gasteiger partial charge on any atom is 0.315 e. The first-order valence-electron chi connectivity index (χ1n) is 6.24. The van der Waals surface area contributed by atoms with Crippen molar-refractivity contribution < 1.29 is 9.72 Å². The molecule has 0 unspecified atom stereocenters. The number of anilines is 2. The second kappa shape index (κ2) is 6.23. The molecule has 0 fully saturated rings. The number of nitro groups is 1. The minimum Gasteiger partial charge on any atom is -0.382 e. The lowest BCUT2D eigenvalue weighted by Gasteiger charge is -2.23. The number of hydrogen-bond acceptors (Lipinski definition) is 5. The second-order valence-corrected chi connectivity index (χ2v) is 5.03. The van der Waals surface area contributed by atoms with Crippen LogP contribution in [0.2, 0.25) is 0 Å². The molecule has 0 heterocycles. The average molecular weight is 280 g/mol. The Labute approximate surface area is 117 Å². The quantitative estimate of drug-likeness (QED) is 0.545. The number of nitro benzene ring substituents is 1. The van der Waals surface area contributed by atoms with E-state index in [4.69, 9.17) is 0 Å². The van der Waals surface area contributed by atoms with Crippen molar-refractivity contribution in [2.75, 3.05) is 31.3 Å². The van der Waals surface area contributed by atoms with Crippen LogP contribution < -0.4 is 16.0 Å². The van der Waals surface area contributed by atoms with E-state index in [0.29, 0.717) is 17.9 Å². The van der Waals surface area contributed by atoms with Gasteiger partial charge in [0.1, 0.15) is 11.4 Å². The van der Waals surface area contributed by atoms with Gasteiger partial charge in [0.25, 0.3) is 0 Å². The molecular formula is C13H20N4O3. The SMILES string of the molecule is CNC(=O)C(C)(C)CNc1cccc(NC)c1[N+](=O)[O-]. The van der Waals surface area contributed by atoms with Crippen LogP contribution in [0.1, 0.15) is 13.8 Å². The third-order valence-corrected chi connectivity index (χ3v) is 3.05. The van der Waals surface area contributed by atoms with E-state index in [2.05, 4.69) is 16.0 Å². The third kappa shape index (κ3) is 3.37. The lowest BCUT2D eigenvalue weighted by atomic mass is 9.92. The Bertz CT molecular complexity index is 514. The van der Waals surface area contributed by atoms with Crippen LogP contribution >= 0.6 is 0 Å². The summed E-state index contributed by atoms with van der Waals surface area (Å²) in [5, 5.41) is 19.5. The second-order valence-electron chi connectivity index (χ2n) is 5.03. The molecule has 0 aliphatic carbocycles. The molecule has 0 saturated carbocycles. The molecule has 1 aromatic rings. The van der Waals surface area contributed by atoms with Crippen molar-refractivity contribution in [1.29, 1.82) is 0 Å². The van der Waals surface area contributed by atoms with Crippen molar-refractivity contribution in [2.45, 2.75) is 13.8 Å². The molecule has 0 bridgehead atoms. The molecule has 0 saturated heterocycles. The Morgan fingerprint density at radius 3 is 2.40 bits per heavy atom. The van der Waals surface area contributed by atoms with Gasteiger partial charge >= 0.3 is 5.69 Å². The number of hydrogen-bond donors (Lipinski definition) is 3. The summed E-state index contributed by atoms with van der Waals surface area (Å²) in [6.45, 7) is 3.83. The van der Waals surface area contributed by atoms with Gasteiger partial charge in [-0.3, -0.25) is 14.9 Å². The van der Waals surface area contributed by atoms with Gasteiger partial charge in [0, 0.05) is 20.6 Å². The van der Waals surface area contributed by atoms with E-state index in [0.717, 1.165) is 0 Å². The molecule has 7 heteroatoms. The lowest BCUT2D eigenvalue weighted by Crippen LogP contribution is -2.39. The largest absolute Gasteiger partial charge is 0.382 e. The molecule has 0 atom stereocenters. The Kier molecular flexibility index (Phi) is 4.90. The minimum atomic E-state index is -0.668. The highest BCUT2D eigenvalue weighted by Crippen LogP contribution is 2.33. The first-order valence-corrected chi connectivity index (χ1v) is 6.24. The van der Waals surface area contributed by atoms with Crippen molar-refractivity contribution in [3.8, 4) is 0 Å². The predicted molar refractivity (Wildman–Crippen MR) is 79.0 cm³/mol. The molecular weight excluding hydrogens is 260 g/mol. The number of benzene rings is 1. The van der Waals surface area contributed by atoms with Gasteiger partial charge in [-0.05, 0) is 26.0 Å². The van der Waals surface area contributed by atoms with Crippen molar-refractivity contribution in [2.24, 2.45) is 5.41 Å². The smallest absolute Gasteiger partial charge is 0.315 e. The van der Waals surface area contributed by atoms with E-state index >= 15 is 0 Å². The molecule has 7 nitrogen and oxygen atoms in total. The summed E-state index contributed by atoms with van der Waals surface area (Å²) >= 11 is 0. The molecule has 3 N–H and O–H groups in total. The highest BCUT2D eigenvalue weighted by atomic mass is 16.6. The molecule has 0 aromatic heterocycles. The first kappa shape index (κ1) is 15.7. The van der Waals surface area contributed by atoms with Gasteiger partial charge in [0.15, 0.2) is 0 Å². The molecule has 1 rings (SSSR count). The number of amides is 1. The zero-order valence-electron chi connectivity index (χ0n) is 12.1. The van der Waals surface area contributed by atoms with Gasteiger partial charge in [0.05, 0.1) is 10.3 Å². The fraction of sp³-hybridized carbons (Fsp3) is 0.462. The standard InChI is InChI=1S/C13H20N4O3/c1-13(2,12(18)15-4)8-16-10-7-5-6-9(14-3)11(10)17(19)20/h5-7,14,16H,8H2,1-4H3,(H,15,18). The Morgan fingerprint density at radius 2 is 1.90 bits per heavy atom. The van der Waals surface area contributed by atoms with Crippen molar-refractivity contribution >= 4 is 23.0 Å². The average Bonchev–Trinajstić information content (AvgIpc) is 2.43. The Hall–Kier alpha value is -2.31. The molecule has 1 amide bonds. The zero-order valence-corrected chi connectivity index (χ0v) is 12.1. The maximum atomic E-state index is 11.7. The number of carbonyl (C=O) groups is 1. The van der Waals surface area contributed by atoms with Crippen LogP contribution in [0.15, 0.2) is 18.2 Å². The summed E-state index contributed by atoms with van der Waals surface area (Å²) < 4.78 is 0. The number of nitrogens with one attached hydrogen (secondary N) is 3. The minimum absolute atomic E-state index is 0.0253. The normalized spacial score (nSPS) is 10.8. The highest BCUT2D eigenvalue weighted by molar-refractivity contribution is 5.83. The van der Waals surface area contributed by atoms with E-state index in [1.165, 1.54) is 0 Å². The van der Waals surface area contributed by atoms with Crippen LogP contribution in [0.5, 0.6) is 0 Å². The fourth-order valence-corrected chi connectivity index (χ4v) is 1.82. The van der Waals surface area contributed by atoms with Gasteiger partial charge in [-0.1, -0.05) is 6.07 Å². The predicted octanol–water partition coefficient (Wildman–Crippen LogP) is 1.82. The Morgan fingerprint density at radius 1 is 1.30 bits per heavy atom. The number of carbonyl (C=O) groups excluding carboxylic acids is 1. The molecule has 0 aliphatic rings. The van der Waals surface area contributed by atoms with E-state index in [9.17, 15) is 14.9 Å². The van der Waals surface area contributed by atoms with Crippen LogP contribution in [0.4, 0.5) is 17.1 Å². The number of para-hydroxylation sites is 1. The van der Waals surface area contributed by atoms with E-state index < -0.39 is 10.3 Å². The van der Waals surface area contributed by atoms with Crippen LogP contribution in [0, 0.1) is 15.5 Å². The molecule has 1 aromatic carbocycles. The number of nitrogens with zero attached hydrogens (tertiary/aromatic N) is 1. The summed E-state index contributed by atoms with van der Waals surface area (Å²) in [6, 6.07) is 4.97. The highest BCUT2D eigenvalue weighted by Gasteiger charge is 2.28. The summed E-state index contributed by atoms with van der Waals surface area (Å²) in [6.07, 6.45) is 0. The summed E-state index contributed by atoms with van der Waals surface area (Å²) in [5.41, 5.74) is 0.123. The molecule has 110 valence electrons. The van der Waals surface area contributed by atoms with Gasteiger partial charge in [-0.2, -0.15) is 0 Å². The summed E-state index contributed by atoms with van der Waals surface area (Å²) in [5.74, 6) is -0.127. The van der Waals surface area contributed by atoms with Crippen LogP contribution in [0.3, 0.4) is 0 Å². The third-order valence-electron chi connectivity index (χ3n) is 3.05. The molecule has 0 spiro atoms. The van der Waals surface area contributed by atoms with Crippen molar-refractivity contribution in [3.05, 3.63) is 28.3 Å². The monoisotopic (exact) mass is 280 g/mol. The maximum absolute atomic E-state index is 11.7. The topological polar surface area (TPSA) is 96.3 Å². The summed E-state index contributed by atoms with van der Waals surface area (Å²) in [7, 11) is 3.19. The van der Waals surface area contributed by atoms with Crippen LogP contribution in [0.25, 0.3) is 0 Å². The van der Waals surface area contributed by atoms with Gasteiger partial charge in [-0.25, -0.2) is 0 Å². The van der Waals surface area contributed by atoms with E-state index in [1.54, 1.807) is 46.1 Å². The molecule has 0 aliphatic heterocycles. The summed E-state index contributed by atoms with van der Waals surface area (Å²) in [4.78, 5) is 22.4. The zero-order chi connectivity index (χ0) is 15.3. The number of rotatable bonds is 6. The van der Waals surface area contributed by atoms with Crippen molar-refractivity contribution in [3.63, 3.8) is 0 Å². The van der Waals surface area contributed by atoms with E-state index in [1.807, 2.05) is 0 Å². The van der Waals surface area contributed by atoms with Crippen LogP contribution in [-0.2, 0) is 4.79 Å². The van der Waals surface area contributed by atoms with Gasteiger partial charge < -0.3 is 16.0 Å². The molecule has 20 heavy (non-hydrogen) atoms. The van der Waals surface area contributed by atoms with Crippen LogP contribution in [-0.4, -0.2) is 31.5 Å². The lowest BCUT2D eigenvalue weighted by molar-refractivity contribution is -0.383. The Balaban J connectivity index is 2.99. The van der Waals surface area contributed by atoms with Gasteiger partial charge in [0.2, 0.25) is 5.91 Å². The van der Waals surface area contributed by atoms with E-state index in [-0.39, 0.29) is 11.6 Å².